The molecule has 2 unspecified atom stereocenters. The van der Waals surface area contributed by atoms with E-state index in [0.717, 1.165) is 23.9 Å². The van der Waals surface area contributed by atoms with E-state index in [1.165, 1.54) is 5.56 Å². The van der Waals surface area contributed by atoms with Gasteiger partial charge in [-0.2, -0.15) is 10.1 Å². The molecule has 1 aliphatic carbocycles. The second kappa shape index (κ2) is 8.02. The molecular formula is C23H26FN7O2. The fraction of sp³-hybridized carbons (Fsp3) is 0.391. The lowest BCUT2D eigenvalue weighted by molar-refractivity contribution is 0.142. The highest BCUT2D eigenvalue weighted by Crippen LogP contribution is 2.43. The first-order valence-corrected chi connectivity index (χ1v) is 11.0. The molecule has 2 atom stereocenters. The molecular weight excluding hydrogens is 425 g/mol. The van der Waals surface area contributed by atoms with Crippen LogP contribution in [-0.4, -0.2) is 43.7 Å². The third-order valence-corrected chi connectivity index (χ3v) is 6.27. The minimum atomic E-state index is -0.622. The van der Waals surface area contributed by atoms with E-state index >= 15 is 0 Å². The van der Waals surface area contributed by atoms with Crippen LogP contribution in [0.4, 0.5) is 20.8 Å². The summed E-state index contributed by atoms with van der Waals surface area (Å²) < 4.78 is 19.5. The smallest absolute Gasteiger partial charge is 0.318 e. The summed E-state index contributed by atoms with van der Waals surface area (Å²) in [6.07, 6.45) is 1.98. The molecule has 1 saturated carbocycles. The summed E-state index contributed by atoms with van der Waals surface area (Å²) in [6, 6.07) is 10.3. The predicted octanol–water partition coefficient (Wildman–Crippen LogP) is 3.80. The number of nitrogens with one attached hydrogen (secondary N) is 3. The van der Waals surface area contributed by atoms with Crippen LogP contribution in [0, 0.1) is 5.82 Å². The first-order valence-electron chi connectivity index (χ1n) is 11.0. The van der Waals surface area contributed by atoms with E-state index in [4.69, 9.17) is 4.74 Å². The number of urea groups is 1. The molecule has 33 heavy (non-hydrogen) atoms. The molecule has 3 heterocycles. The van der Waals surface area contributed by atoms with E-state index in [1.807, 2.05) is 32.0 Å². The number of benzene rings is 1. The first-order chi connectivity index (χ1) is 15.9. The van der Waals surface area contributed by atoms with E-state index in [0.29, 0.717) is 24.9 Å². The highest BCUT2D eigenvalue weighted by Gasteiger charge is 2.46. The van der Waals surface area contributed by atoms with Crippen molar-refractivity contribution < 1.29 is 13.9 Å². The van der Waals surface area contributed by atoms with Crippen molar-refractivity contribution in [2.24, 2.45) is 0 Å². The molecule has 9 nitrogen and oxygen atoms in total. The minimum absolute atomic E-state index is 0.0351. The summed E-state index contributed by atoms with van der Waals surface area (Å²) in [5, 5.41) is 13.4. The Kier molecular flexibility index (Phi) is 5.15. The van der Waals surface area contributed by atoms with Gasteiger partial charge in [0.15, 0.2) is 17.5 Å². The van der Waals surface area contributed by atoms with Gasteiger partial charge in [0.25, 0.3) is 0 Å². The number of carbonyl (C=O) groups is 1. The number of hydrogen-bond donors (Lipinski definition) is 3. The van der Waals surface area contributed by atoms with Crippen molar-refractivity contribution in [3.63, 3.8) is 0 Å². The van der Waals surface area contributed by atoms with Crippen LogP contribution in [0.25, 0.3) is 0 Å². The van der Waals surface area contributed by atoms with Gasteiger partial charge >= 0.3 is 12.0 Å². The highest BCUT2D eigenvalue weighted by molar-refractivity contribution is 5.78. The number of ether oxygens (including phenoxy) is 1. The summed E-state index contributed by atoms with van der Waals surface area (Å²) in [5.74, 6) is 0.106. The number of aromatic nitrogens is 4. The fourth-order valence-electron chi connectivity index (χ4n) is 4.35. The minimum Gasteiger partial charge on any atom is -0.464 e. The zero-order valence-electron chi connectivity index (χ0n) is 18.7. The number of rotatable bonds is 6. The van der Waals surface area contributed by atoms with E-state index in [1.54, 1.807) is 11.8 Å². The van der Waals surface area contributed by atoms with Crippen molar-refractivity contribution in [3.05, 3.63) is 59.2 Å². The number of aromatic amines is 1. The average Bonchev–Trinajstić information content (AvgIpc) is 3.35. The lowest BCUT2D eigenvalue weighted by Gasteiger charge is -2.32. The first kappa shape index (κ1) is 21.2. The Labute approximate surface area is 190 Å². The van der Waals surface area contributed by atoms with Gasteiger partial charge in [-0.3, -0.25) is 5.10 Å². The van der Waals surface area contributed by atoms with Crippen molar-refractivity contribution in [1.29, 1.82) is 0 Å². The van der Waals surface area contributed by atoms with Crippen LogP contribution in [0.1, 0.15) is 49.9 Å². The quantitative estimate of drug-likeness (QED) is 0.526. The highest BCUT2D eigenvalue weighted by atomic mass is 19.1. The van der Waals surface area contributed by atoms with E-state index in [2.05, 4.69) is 42.9 Å². The Bertz CT molecular complexity index is 1180. The van der Waals surface area contributed by atoms with Gasteiger partial charge < -0.3 is 20.3 Å². The zero-order chi connectivity index (χ0) is 23.2. The number of anilines is 2. The third-order valence-electron chi connectivity index (χ3n) is 6.27. The zero-order valence-corrected chi connectivity index (χ0v) is 18.7. The Hall–Kier alpha value is -3.69. The summed E-state index contributed by atoms with van der Waals surface area (Å²) in [6.45, 7) is 6.42. The Balaban J connectivity index is 1.31. The van der Waals surface area contributed by atoms with Gasteiger partial charge in [-0.25, -0.2) is 14.2 Å². The molecule has 1 fully saturated rings. The lowest BCUT2D eigenvalue weighted by Crippen LogP contribution is -2.47. The molecule has 0 radical (unpaired) electrons. The van der Waals surface area contributed by atoms with Crippen LogP contribution in [0.15, 0.2) is 36.5 Å². The second-order valence-corrected chi connectivity index (χ2v) is 8.79. The topological polar surface area (TPSA) is 108 Å². The normalized spacial score (nSPS) is 20.3. The number of halogens is 1. The molecule has 3 aromatic rings. The van der Waals surface area contributed by atoms with Gasteiger partial charge in [0.05, 0.1) is 30.6 Å². The molecule has 2 amide bonds. The summed E-state index contributed by atoms with van der Waals surface area (Å²) in [7, 11) is 0. The molecule has 1 aliphatic heterocycles. The molecule has 0 saturated heterocycles. The van der Waals surface area contributed by atoms with Crippen LogP contribution < -0.4 is 15.4 Å². The van der Waals surface area contributed by atoms with Crippen molar-refractivity contribution in [2.45, 2.75) is 51.2 Å². The van der Waals surface area contributed by atoms with Crippen molar-refractivity contribution in [2.75, 3.05) is 11.9 Å². The van der Waals surface area contributed by atoms with Crippen LogP contribution in [0.2, 0.25) is 0 Å². The summed E-state index contributed by atoms with van der Waals surface area (Å²) in [4.78, 5) is 22.8. The molecule has 5 rings (SSSR count). The molecule has 10 heteroatoms. The van der Waals surface area contributed by atoms with Gasteiger partial charge in [-0.1, -0.05) is 30.3 Å². The van der Waals surface area contributed by atoms with Gasteiger partial charge in [-0.15, -0.1) is 0 Å². The van der Waals surface area contributed by atoms with Crippen LogP contribution in [0.3, 0.4) is 0 Å². The van der Waals surface area contributed by atoms with E-state index in [9.17, 15) is 9.18 Å². The summed E-state index contributed by atoms with van der Waals surface area (Å²) >= 11 is 0. The van der Waals surface area contributed by atoms with Crippen LogP contribution >= 0.6 is 0 Å². The Morgan fingerprint density at radius 2 is 2.09 bits per heavy atom. The Morgan fingerprint density at radius 1 is 1.30 bits per heavy atom. The number of amides is 2. The van der Waals surface area contributed by atoms with Crippen LogP contribution in [0.5, 0.6) is 6.01 Å². The number of fused-ring (bicyclic) bond motifs is 1. The molecule has 1 aromatic carbocycles. The number of hydrogen-bond acceptors (Lipinski definition) is 6. The monoisotopic (exact) mass is 451 g/mol. The molecule has 0 spiro atoms. The van der Waals surface area contributed by atoms with E-state index < -0.39 is 11.4 Å². The number of carbonyl (C=O) groups excluding carboxylic acids is 1. The predicted molar refractivity (Wildman–Crippen MR) is 120 cm³/mol. The van der Waals surface area contributed by atoms with Gasteiger partial charge in [0, 0.05) is 17.5 Å². The Morgan fingerprint density at radius 3 is 2.85 bits per heavy atom. The average molecular weight is 452 g/mol. The largest absolute Gasteiger partial charge is 0.464 e. The van der Waals surface area contributed by atoms with Gasteiger partial charge in [-0.05, 0) is 32.8 Å². The van der Waals surface area contributed by atoms with Crippen LogP contribution in [-0.2, 0) is 12.1 Å². The lowest BCUT2D eigenvalue weighted by atomic mass is 10.0. The van der Waals surface area contributed by atoms with Crippen molar-refractivity contribution in [3.8, 4) is 6.01 Å². The third kappa shape index (κ3) is 3.85. The maximum atomic E-state index is 14.3. The number of nitrogens with zero attached hydrogens (tertiary/aromatic N) is 4. The second-order valence-electron chi connectivity index (χ2n) is 8.79. The molecule has 3 N–H and O–H groups in total. The standard InChI is InChI=1S/C23H26FN7O2/c1-4-33-21-25-11-16(24)20(28-21)27-19-15-12-31(23(2,3)18(15)29-30-19)22(32)26-17-10-14(17)13-8-6-5-7-9-13/h5-9,11,14,17H,4,10,12H2,1-3H3,(H,26,32)(H2,25,27,28,29,30). The number of H-pyrrole nitrogens is 1. The fourth-order valence-corrected chi connectivity index (χ4v) is 4.35. The van der Waals surface area contributed by atoms with Gasteiger partial charge in [0.1, 0.15) is 0 Å². The summed E-state index contributed by atoms with van der Waals surface area (Å²) in [5.41, 5.74) is 2.23. The van der Waals surface area contributed by atoms with E-state index in [-0.39, 0.29) is 23.9 Å². The SMILES string of the molecule is CCOc1ncc(F)c(Nc2n[nH]c3c2CN(C(=O)NC2CC2c2ccccc2)C3(C)C)n1. The van der Waals surface area contributed by atoms with Crippen molar-refractivity contribution >= 4 is 17.7 Å². The molecule has 0 bridgehead atoms. The molecule has 2 aromatic heterocycles. The molecule has 2 aliphatic rings. The van der Waals surface area contributed by atoms with Crippen molar-refractivity contribution in [1.82, 2.24) is 30.4 Å². The molecule has 172 valence electrons. The van der Waals surface area contributed by atoms with Gasteiger partial charge in [0.2, 0.25) is 0 Å². The maximum absolute atomic E-state index is 14.3. The maximum Gasteiger partial charge on any atom is 0.318 e.